The molecule has 0 saturated heterocycles. The lowest BCUT2D eigenvalue weighted by Crippen LogP contribution is -2.29. The molecule has 2 aromatic rings. The van der Waals surface area contributed by atoms with E-state index < -0.39 is 0 Å². The van der Waals surface area contributed by atoms with Gasteiger partial charge in [0, 0.05) is 59.5 Å². The molecule has 40 heavy (non-hydrogen) atoms. The lowest BCUT2D eigenvalue weighted by molar-refractivity contribution is 0.102. The summed E-state index contributed by atoms with van der Waals surface area (Å²) in [5.74, 6) is 12.8. The molecule has 0 bridgehead atoms. The molecule has 0 aromatic heterocycles. The van der Waals surface area contributed by atoms with E-state index in [9.17, 15) is 4.79 Å². The molecule has 9 nitrogen and oxygen atoms in total. The maximum atomic E-state index is 13.4. The normalized spacial score (nSPS) is 12.7. The molecule has 0 heterocycles. The molecule has 0 spiro atoms. The number of methoxy groups -OCH3 is 1. The van der Waals surface area contributed by atoms with Crippen molar-refractivity contribution in [3.63, 3.8) is 0 Å². The number of carbonyl (C=O) groups is 1. The number of benzene rings is 2. The van der Waals surface area contributed by atoms with Crippen LogP contribution < -0.4 is 37.8 Å². The van der Waals surface area contributed by atoms with Gasteiger partial charge in [0.1, 0.15) is 5.75 Å². The van der Waals surface area contributed by atoms with Gasteiger partial charge in [-0.3, -0.25) is 9.80 Å². The summed E-state index contributed by atoms with van der Waals surface area (Å²) in [4.78, 5) is 13.4. The Morgan fingerprint density at radius 1 is 1.18 bits per heavy atom. The number of hydrogen-bond donors (Lipinski definition) is 5. The molecule has 1 amide bonds. The lowest BCUT2D eigenvalue weighted by atomic mass is 9.84. The Morgan fingerprint density at radius 2 is 1.82 bits per heavy atom. The highest BCUT2D eigenvalue weighted by atomic mass is 16.5. The summed E-state index contributed by atoms with van der Waals surface area (Å²) in [5, 5.41) is 9.38. The van der Waals surface area contributed by atoms with Crippen molar-refractivity contribution in [3.05, 3.63) is 88.4 Å². The van der Waals surface area contributed by atoms with Crippen molar-refractivity contribution in [2.75, 3.05) is 24.5 Å². The van der Waals surface area contributed by atoms with Gasteiger partial charge in [0.05, 0.1) is 18.5 Å². The van der Waals surface area contributed by atoms with Crippen molar-refractivity contribution in [2.45, 2.75) is 66.5 Å². The van der Waals surface area contributed by atoms with Crippen LogP contribution in [0.3, 0.4) is 0 Å². The quantitative estimate of drug-likeness (QED) is 0.153. The van der Waals surface area contributed by atoms with E-state index in [-0.39, 0.29) is 11.3 Å². The highest BCUT2D eigenvalue weighted by molar-refractivity contribution is 6.05. The number of hydrogen-bond acceptors (Lipinski definition) is 8. The van der Waals surface area contributed by atoms with Crippen LogP contribution in [0.1, 0.15) is 68.6 Å². The first-order valence-electron chi connectivity index (χ1n) is 13.3. The van der Waals surface area contributed by atoms with Crippen molar-refractivity contribution in [3.8, 4) is 5.75 Å². The fourth-order valence-electron chi connectivity index (χ4n) is 4.19. The van der Waals surface area contributed by atoms with Gasteiger partial charge in [-0.15, -0.1) is 0 Å². The molecule has 218 valence electrons. The number of aryl methyl sites for hydroxylation is 1. The SMILES string of the molecule is C=CC(/C(N)=C/N(N)c1cc(C(=O)Nc2cc(CNC(C)C)c(OC)c(C(C)(C)C)c2)ccc1C)=C(/C)N(C)N. The fraction of sp³-hybridized carbons (Fsp3) is 0.387. The van der Waals surface area contributed by atoms with Gasteiger partial charge in [0.2, 0.25) is 0 Å². The Labute approximate surface area is 239 Å². The molecule has 2 rings (SSSR count). The number of carbonyl (C=O) groups excluding carboxylic acids is 1. The molecule has 0 unspecified atom stereocenters. The maximum absolute atomic E-state index is 13.4. The first-order chi connectivity index (χ1) is 18.6. The Hall–Kier alpha value is -3.79. The summed E-state index contributed by atoms with van der Waals surface area (Å²) in [7, 11) is 3.40. The van der Waals surface area contributed by atoms with E-state index in [1.807, 2.05) is 32.0 Å². The van der Waals surface area contributed by atoms with Crippen LogP contribution >= 0.6 is 0 Å². The molecule has 0 saturated carbocycles. The van der Waals surface area contributed by atoms with Crippen molar-refractivity contribution >= 4 is 17.3 Å². The van der Waals surface area contributed by atoms with Gasteiger partial charge in [-0.05, 0) is 49.1 Å². The summed E-state index contributed by atoms with van der Waals surface area (Å²) in [6.07, 6.45) is 3.21. The summed E-state index contributed by atoms with van der Waals surface area (Å²) >= 11 is 0. The minimum atomic E-state index is -0.258. The second kappa shape index (κ2) is 13.5. The number of nitrogens with zero attached hydrogens (tertiary/aromatic N) is 2. The standard InChI is InChI=1S/C31H47N7O2/c1-11-25(21(5)37(9)33)27(32)18-38(34)28-15-22(13-12-20(28)4)30(39)36-24-14-23(17-35-19(2)3)29(40-10)26(16-24)31(6,7)8/h11-16,18-19,35H,1,17,32-34H2,2-10H3,(H,36,39)/b25-21+,27-18-. The third-order valence-corrected chi connectivity index (χ3v) is 6.60. The summed E-state index contributed by atoms with van der Waals surface area (Å²) in [6, 6.07) is 9.59. The van der Waals surface area contributed by atoms with E-state index in [2.05, 4.69) is 51.8 Å². The van der Waals surface area contributed by atoms with Crippen LogP contribution in [-0.2, 0) is 12.0 Å². The zero-order valence-corrected chi connectivity index (χ0v) is 25.5. The predicted octanol–water partition coefficient (Wildman–Crippen LogP) is 4.80. The van der Waals surface area contributed by atoms with Crippen molar-refractivity contribution in [1.82, 2.24) is 10.3 Å². The number of anilines is 2. The number of nitrogens with two attached hydrogens (primary N) is 3. The minimum absolute atomic E-state index is 0.197. The molecule has 2 aromatic carbocycles. The van der Waals surface area contributed by atoms with Crippen molar-refractivity contribution in [1.29, 1.82) is 0 Å². The average molecular weight is 550 g/mol. The average Bonchev–Trinajstić information content (AvgIpc) is 2.86. The minimum Gasteiger partial charge on any atom is -0.496 e. The molecule has 8 N–H and O–H groups in total. The number of amides is 1. The maximum Gasteiger partial charge on any atom is 0.255 e. The molecule has 0 aliphatic rings. The molecule has 0 aliphatic carbocycles. The zero-order valence-electron chi connectivity index (χ0n) is 25.5. The van der Waals surface area contributed by atoms with Gasteiger partial charge in [-0.1, -0.05) is 53.3 Å². The van der Waals surface area contributed by atoms with Gasteiger partial charge in [0.15, 0.2) is 0 Å². The van der Waals surface area contributed by atoms with Gasteiger partial charge < -0.3 is 26.1 Å². The van der Waals surface area contributed by atoms with Crippen LogP contribution in [0.5, 0.6) is 5.75 Å². The second-order valence-corrected chi connectivity index (χ2v) is 11.3. The van der Waals surface area contributed by atoms with E-state index >= 15 is 0 Å². The first-order valence-corrected chi connectivity index (χ1v) is 13.3. The molecular weight excluding hydrogens is 502 g/mol. The predicted molar refractivity (Wildman–Crippen MR) is 167 cm³/mol. The monoisotopic (exact) mass is 549 g/mol. The molecule has 0 atom stereocenters. The molecule has 0 radical (unpaired) electrons. The topological polar surface area (TPSA) is 135 Å². The van der Waals surface area contributed by atoms with Crippen LogP contribution in [0.25, 0.3) is 0 Å². The third kappa shape index (κ3) is 8.11. The number of rotatable bonds is 11. The molecule has 9 heteroatoms. The van der Waals surface area contributed by atoms with E-state index in [0.29, 0.717) is 40.8 Å². The smallest absolute Gasteiger partial charge is 0.255 e. The highest BCUT2D eigenvalue weighted by Gasteiger charge is 2.23. The van der Waals surface area contributed by atoms with Gasteiger partial charge in [-0.2, -0.15) is 0 Å². The van der Waals surface area contributed by atoms with Crippen LogP contribution in [0.4, 0.5) is 11.4 Å². The van der Waals surface area contributed by atoms with E-state index in [1.54, 1.807) is 38.6 Å². The van der Waals surface area contributed by atoms with E-state index in [4.69, 9.17) is 22.2 Å². The third-order valence-electron chi connectivity index (χ3n) is 6.60. The van der Waals surface area contributed by atoms with Gasteiger partial charge >= 0.3 is 0 Å². The van der Waals surface area contributed by atoms with Crippen molar-refractivity contribution in [2.24, 2.45) is 17.4 Å². The number of nitrogens with one attached hydrogen (secondary N) is 2. The van der Waals surface area contributed by atoms with Crippen LogP contribution in [0.2, 0.25) is 0 Å². The van der Waals surface area contributed by atoms with Crippen LogP contribution in [0, 0.1) is 6.92 Å². The van der Waals surface area contributed by atoms with Crippen LogP contribution in [0.15, 0.2) is 66.2 Å². The Kier molecular flexibility index (Phi) is 11.0. The summed E-state index contributed by atoms with van der Waals surface area (Å²) in [6.45, 7) is 18.7. The number of allylic oxidation sites excluding steroid dienone is 2. The lowest BCUT2D eigenvalue weighted by Gasteiger charge is -2.26. The molecular formula is C31H47N7O2. The Bertz CT molecular complexity index is 1290. The zero-order chi connectivity index (χ0) is 30.4. The largest absolute Gasteiger partial charge is 0.496 e. The highest BCUT2D eigenvalue weighted by Crippen LogP contribution is 2.37. The van der Waals surface area contributed by atoms with Crippen LogP contribution in [-0.4, -0.2) is 31.1 Å². The molecule has 0 fully saturated rings. The number of ether oxygens (including phenoxy) is 1. The summed E-state index contributed by atoms with van der Waals surface area (Å²) in [5.41, 5.74) is 12.5. The Morgan fingerprint density at radius 3 is 2.35 bits per heavy atom. The molecule has 0 aliphatic heterocycles. The number of hydrazine groups is 2. The van der Waals surface area contributed by atoms with E-state index in [0.717, 1.165) is 28.1 Å². The summed E-state index contributed by atoms with van der Waals surface area (Å²) < 4.78 is 5.81. The van der Waals surface area contributed by atoms with Crippen molar-refractivity contribution < 1.29 is 9.53 Å². The van der Waals surface area contributed by atoms with Gasteiger partial charge in [-0.25, -0.2) is 11.7 Å². The second-order valence-electron chi connectivity index (χ2n) is 11.3. The Balaban J connectivity index is 2.46. The fourth-order valence-corrected chi connectivity index (χ4v) is 4.19. The van der Waals surface area contributed by atoms with Gasteiger partial charge in [0.25, 0.3) is 5.91 Å². The van der Waals surface area contributed by atoms with E-state index in [1.165, 1.54) is 10.0 Å². The first kappa shape index (κ1) is 32.4.